The zero-order chi connectivity index (χ0) is 11.4. The summed E-state index contributed by atoms with van der Waals surface area (Å²) >= 11 is 5.64. The first kappa shape index (κ1) is 11.3. The lowest BCUT2D eigenvalue weighted by Crippen LogP contribution is -2.48. The number of carbonyl (C=O) groups excluding carboxylic acids is 1. The van der Waals surface area contributed by atoms with Crippen LogP contribution >= 0.6 is 11.6 Å². The molecule has 1 aromatic rings. The van der Waals surface area contributed by atoms with Gasteiger partial charge in [0, 0.05) is 13.1 Å². The zero-order valence-electron chi connectivity index (χ0n) is 8.52. The van der Waals surface area contributed by atoms with E-state index in [1.807, 2.05) is 0 Å². The molecule has 0 bridgehead atoms. The lowest BCUT2D eigenvalue weighted by Gasteiger charge is -2.26. The van der Waals surface area contributed by atoms with Crippen LogP contribution in [0.1, 0.15) is 10.5 Å². The summed E-state index contributed by atoms with van der Waals surface area (Å²) in [5.41, 5.74) is 2.92. The maximum absolute atomic E-state index is 11.7. The Morgan fingerprint density at radius 3 is 2.88 bits per heavy atom. The SMILES string of the molecule is O=C(NN1CCOCC1)c1cncc(Cl)n1. The predicted octanol–water partition coefficient (Wildman–Crippen LogP) is 0.107. The molecule has 1 amide bonds. The van der Waals surface area contributed by atoms with Gasteiger partial charge in [0.1, 0.15) is 10.8 Å². The molecule has 2 heterocycles. The first-order valence-electron chi connectivity index (χ1n) is 4.87. The Morgan fingerprint density at radius 1 is 1.44 bits per heavy atom. The minimum Gasteiger partial charge on any atom is -0.379 e. The molecule has 0 atom stereocenters. The van der Waals surface area contributed by atoms with Crippen LogP contribution in [0, 0.1) is 0 Å². The van der Waals surface area contributed by atoms with Crippen LogP contribution in [-0.2, 0) is 4.74 Å². The molecule has 0 radical (unpaired) electrons. The highest BCUT2D eigenvalue weighted by molar-refractivity contribution is 6.29. The van der Waals surface area contributed by atoms with Crippen LogP contribution in [0.25, 0.3) is 0 Å². The Balaban J connectivity index is 1.97. The zero-order valence-corrected chi connectivity index (χ0v) is 9.28. The molecule has 6 nitrogen and oxygen atoms in total. The summed E-state index contributed by atoms with van der Waals surface area (Å²) in [4.78, 5) is 19.4. The topological polar surface area (TPSA) is 67.4 Å². The number of hydrogen-bond acceptors (Lipinski definition) is 5. The smallest absolute Gasteiger partial charge is 0.285 e. The van der Waals surface area contributed by atoms with E-state index in [2.05, 4.69) is 15.4 Å². The normalized spacial score (nSPS) is 17.1. The molecule has 1 aromatic heterocycles. The number of nitrogens with one attached hydrogen (secondary N) is 1. The lowest BCUT2D eigenvalue weighted by atomic mass is 10.4. The highest BCUT2D eigenvalue weighted by atomic mass is 35.5. The Morgan fingerprint density at radius 2 is 2.19 bits per heavy atom. The van der Waals surface area contributed by atoms with Gasteiger partial charge >= 0.3 is 0 Å². The van der Waals surface area contributed by atoms with Crippen molar-refractivity contribution in [2.24, 2.45) is 0 Å². The van der Waals surface area contributed by atoms with Crippen molar-refractivity contribution in [3.8, 4) is 0 Å². The maximum Gasteiger partial charge on any atom is 0.285 e. The van der Waals surface area contributed by atoms with Gasteiger partial charge in [-0.25, -0.2) is 9.99 Å². The van der Waals surface area contributed by atoms with Crippen LogP contribution < -0.4 is 5.43 Å². The van der Waals surface area contributed by atoms with Gasteiger partial charge in [0.2, 0.25) is 0 Å². The van der Waals surface area contributed by atoms with E-state index in [1.54, 1.807) is 5.01 Å². The van der Waals surface area contributed by atoms with Crippen LogP contribution in [0.15, 0.2) is 12.4 Å². The Kier molecular flexibility index (Phi) is 3.66. The van der Waals surface area contributed by atoms with Gasteiger partial charge in [-0.2, -0.15) is 0 Å². The van der Waals surface area contributed by atoms with Gasteiger partial charge in [-0.1, -0.05) is 11.6 Å². The molecule has 7 heteroatoms. The van der Waals surface area contributed by atoms with Crippen LogP contribution in [-0.4, -0.2) is 47.2 Å². The summed E-state index contributed by atoms with van der Waals surface area (Å²) in [5.74, 6) is -0.308. The standard InChI is InChI=1S/C9H11ClN4O2/c10-8-6-11-5-7(12-8)9(15)13-14-1-3-16-4-2-14/h5-6H,1-4H2,(H,13,15). The Hall–Kier alpha value is -1.24. The molecule has 0 aliphatic carbocycles. The number of rotatable bonds is 2. The number of aromatic nitrogens is 2. The molecule has 1 saturated heterocycles. The van der Waals surface area contributed by atoms with Crippen molar-refractivity contribution in [1.82, 2.24) is 20.4 Å². The molecule has 0 aromatic carbocycles. The summed E-state index contributed by atoms with van der Waals surface area (Å²) < 4.78 is 5.16. The second-order valence-corrected chi connectivity index (χ2v) is 3.65. The monoisotopic (exact) mass is 242 g/mol. The fourth-order valence-corrected chi connectivity index (χ4v) is 1.48. The first-order chi connectivity index (χ1) is 7.75. The number of hydrazine groups is 1. The highest BCUT2D eigenvalue weighted by Gasteiger charge is 2.15. The van der Waals surface area contributed by atoms with Gasteiger partial charge in [0.05, 0.1) is 25.6 Å². The van der Waals surface area contributed by atoms with Crippen LogP contribution in [0.3, 0.4) is 0 Å². The number of amides is 1. The molecular formula is C9H11ClN4O2. The van der Waals surface area contributed by atoms with Crippen molar-refractivity contribution in [1.29, 1.82) is 0 Å². The number of halogens is 1. The fourth-order valence-electron chi connectivity index (χ4n) is 1.33. The van der Waals surface area contributed by atoms with Crippen molar-refractivity contribution in [3.05, 3.63) is 23.2 Å². The Bertz CT molecular complexity index is 382. The van der Waals surface area contributed by atoms with Crippen molar-refractivity contribution >= 4 is 17.5 Å². The van der Waals surface area contributed by atoms with Gasteiger partial charge in [-0.15, -0.1) is 0 Å². The second-order valence-electron chi connectivity index (χ2n) is 3.27. The third-order valence-electron chi connectivity index (χ3n) is 2.11. The van der Waals surface area contributed by atoms with Crippen molar-refractivity contribution in [3.63, 3.8) is 0 Å². The largest absolute Gasteiger partial charge is 0.379 e. The van der Waals surface area contributed by atoms with Crippen LogP contribution in [0.2, 0.25) is 5.15 Å². The quantitative estimate of drug-likeness (QED) is 0.797. The second kappa shape index (κ2) is 5.20. The molecule has 1 fully saturated rings. The van der Waals surface area contributed by atoms with Gasteiger partial charge in [0.15, 0.2) is 0 Å². The highest BCUT2D eigenvalue weighted by Crippen LogP contribution is 2.02. The first-order valence-corrected chi connectivity index (χ1v) is 5.25. The molecule has 1 aliphatic rings. The van der Waals surface area contributed by atoms with E-state index in [0.29, 0.717) is 26.3 Å². The molecule has 2 rings (SSSR count). The number of morpholine rings is 1. The Labute approximate surface area is 97.5 Å². The summed E-state index contributed by atoms with van der Waals surface area (Å²) in [7, 11) is 0. The summed E-state index contributed by atoms with van der Waals surface area (Å²) in [6.07, 6.45) is 2.76. The number of ether oxygens (including phenoxy) is 1. The summed E-state index contributed by atoms with van der Waals surface area (Å²) in [6, 6.07) is 0. The maximum atomic E-state index is 11.7. The van der Waals surface area contributed by atoms with E-state index in [1.165, 1.54) is 12.4 Å². The predicted molar refractivity (Wildman–Crippen MR) is 56.9 cm³/mol. The van der Waals surface area contributed by atoms with E-state index in [0.717, 1.165) is 0 Å². The fraction of sp³-hybridized carbons (Fsp3) is 0.444. The van der Waals surface area contributed by atoms with Crippen LogP contribution in [0.4, 0.5) is 0 Å². The van der Waals surface area contributed by atoms with Gasteiger partial charge in [0.25, 0.3) is 5.91 Å². The van der Waals surface area contributed by atoms with E-state index >= 15 is 0 Å². The minimum absolute atomic E-state index is 0.203. The number of carbonyl (C=O) groups is 1. The molecule has 0 saturated carbocycles. The molecule has 86 valence electrons. The molecule has 1 aliphatic heterocycles. The summed E-state index contributed by atoms with van der Waals surface area (Å²) in [5, 5.41) is 1.99. The molecule has 16 heavy (non-hydrogen) atoms. The third kappa shape index (κ3) is 2.88. The molecular weight excluding hydrogens is 232 g/mol. The van der Waals surface area contributed by atoms with E-state index in [9.17, 15) is 4.79 Å². The number of hydrogen-bond donors (Lipinski definition) is 1. The van der Waals surface area contributed by atoms with Gasteiger partial charge in [-0.3, -0.25) is 15.2 Å². The van der Waals surface area contributed by atoms with Crippen LogP contribution in [0.5, 0.6) is 0 Å². The third-order valence-corrected chi connectivity index (χ3v) is 2.29. The van der Waals surface area contributed by atoms with E-state index in [-0.39, 0.29) is 16.8 Å². The van der Waals surface area contributed by atoms with E-state index in [4.69, 9.17) is 16.3 Å². The number of nitrogens with zero attached hydrogens (tertiary/aromatic N) is 3. The lowest BCUT2D eigenvalue weighted by molar-refractivity contribution is 0.0124. The molecule has 0 spiro atoms. The average molecular weight is 243 g/mol. The van der Waals surface area contributed by atoms with Crippen molar-refractivity contribution in [2.75, 3.05) is 26.3 Å². The average Bonchev–Trinajstić information content (AvgIpc) is 2.30. The minimum atomic E-state index is -0.308. The summed E-state index contributed by atoms with van der Waals surface area (Å²) in [6.45, 7) is 2.56. The van der Waals surface area contributed by atoms with Gasteiger partial charge < -0.3 is 4.74 Å². The molecule has 0 unspecified atom stereocenters. The van der Waals surface area contributed by atoms with Gasteiger partial charge in [-0.05, 0) is 0 Å². The van der Waals surface area contributed by atoms with Crippen molar-refractivity contribution < 1.29 is 9.53 Å². The molecule has 1 N–H and O–H groups in total. The van der Waals surface area contributed by atoms with E-state index < -0.39 is 0 Å². The van der Waals surface area contributed by atoms with Crippen molar-refractivity contribution in [2.45, 2.75) is 0 Å².